The monoisotopic (exact) mass is 468 g/mol. The van der Waals surface area contributed by atoms with Crippen molar-refractivity contribution in [1.29, 1.82) is 0 Å². The van der Waals surface area contributed by atoms with Gasteiger partial charge in [-0.25, -0.2) is 17.7 Å². The van der Waals surface area contributed by atoms with Crippen molar-refractivity contribution in [2.75, 3.05) is 4.90 Å². The van der Waals surface area contributed by atoms with Crippen molar-refractivity contribution < 1.29 is 22.4 Å². The SMILES string of the molecule is CCC(C)(C)N(C1CC(=O)N(c2ccc(F)cc2)C1=O)S(=O)(=O)c1ccc2ccccc2c1. The van der Waals surface area contributed by atoms with Crippen molar-refractivity contribution in [3.05, 3.63) is 72.5 Å². The molecule has 0 bridgehead atoms. The van der Waals surface area contributed by atoms with Gasteiger partial charge in [-0.15, -0.1) is 0 Å². The fourth-order valence-corrected chi connectivity index (χ4v) is 6.20. The topological polar surface area (TPSA) is 74.8 Å². The van der Waals surface area contributed by atoms with Gasteiger partial charge in [-0.1, -0.05) is 37.3 Å². The van der Waals surface area contributed by atoms with Gasteiger partial charge >= 0.3 is 0 Å². The number of hydrogen-bond donors (Lipinski definition) is 0. The molecule has 1 atom stereocenters. The van der Waals surface area contributed by atoms with Crippen molar-refractivity contribution in [1.82, 2.24) is 4.31 Å². The maximum absolute atomic E-state index is 13.9. The van der Waals surface area contributed by atoms with Gasteiger partial charge in [0, 0.05) is 5.54 Å². The van der Waals surface area contributed by atoms with Crippen LogP contribution in [0.15, 0.2) is 71.6 Å². The van der Waals surface area contributed by atoms with Crippen LogP contribution in [-0.4, -0.2) is 36.1 Å². The molecule has 1 saturated heterocycles. The Hall–Kier alpha value is -3.10. The number of sulfonamides is 1. The van der Waals surface area contributed by atoms with E-state index in [0.29, 0.717) is 6.42 Å². The molecule has 0 N–H and O–H groups in total. The smallest absolute Gasteiger partial charge is 0.252 e. The summed E-state index contributed by atoms with van der Waals surface area (Å²) in [6, 6.07) is 16.0. The zero-order chi connectivity index (χ0) is 24.0. The van der Waals surface area contributed by atoms with Gasteiger partial charge in [0.2, 0.25) is 15.9 Å². The Labute approximate surface area is 192 Å². The Morgan fingerprint density at radius 3 is 2.27 bits per heavy atom. The summed E-state index contributed by atoms with van der Waals surface area (Å²) < 4.78 is 42.3. The van der Waals surface area contributed by atoms with Gasteiger partial charge in [0.1, 0.15) is 11.9 Å². The van der Waals surface area contributed by atoms with Crippen LogP contribution < -0.4 is 4.90 Å². The summed E-state index contributed by atoms with van der Waals surface area (Å²) in [5.74, 6) is -1.67. The number of amides is 2. The van der Waals surface area contributed by atoms with Crippen LogP contribution >= 0.6 is 0 Å². The molecule has 0 saturated carbocycles. The maximum atomic E-state index is 13.9. The normalized spacial score (nSPS) is 17.4. The summed E-state index contributed by atoms with van der Waals surface area (Å²) in [5, 5.41) is 1.65. The number of imide groups is 1. The first-order valence-corrected chi connectivity index (χ1v) is 12.2. The van der Waals surface area contributed by atoms with E-state index in [2.05, 4.69) is 0 Å². The molecule has 8 heteroatoms. The van der Waals surface area contributed by atoms with Crippen LogP contribution in [0.5, 0.6) is 0 Å². The van der Waals surface area contributed by atoms with Crippen molar-refractivity contribution in [3.8, 4) is 0 Å². The molecule has 1 aliphatic rings. The molecule has 1 aliphatic heterocycles. The van der Waals surface area contributed by atoms with Crippen LogP contribution in [0.2, 0.25) is 0 Å². The molecule has 1 unspecified atom stereocenters. The number of anilines is 1. The predicted octanol–water partition coefficient (Wildman–Crippen LogP) is 4.49. The fourth-order valence-electron chi connectivity index (χ4n) is 4.17. The Balaban J connectivity index is 1.80. The number of carbonyl (C=O) groups excluding carboxylic acids is 2. The largest absolute Gasteiger partial charge is 0.274 e. The lowest BCUT2D eigenvalue weighted by Gasteiger charge is -2.39. The van der Waals surface area contributed by atoms with Gasteiger partial charge in [0.15, 0.2) is 0 Å². The number of carbonyl (C=O) groups is 2. The number of benzene rings is 3. The molecule has 0 aliphatic carbocycles. The highest BCUT2D eigenvalue weighted by Crippen LogP contribution is 2.36. The molecule has 3 aromatic carbocycles. The van der Waals surface area contributed by atoms with Crippen LogP contribution in [0, 0.1) is 5.82 Å². The average Bonchev–Trinajstić information content (AvgIpc) is 3.07. The van der Waals surface area contributed by atoms with E-state index in [1.165, 1.54) is 22.5 Å². The molecule has 4 rings (SSSR count). The Kier molecular flexibility index (Phi) is 5.84. The minimum absolute atomic E-state index is 0.0585. The Morgan fingerprint density at radius 2 is 1.64 bits per heavy atom. The fraction of sp³-hybridized carbons (Fsp3) is 0.280. The van der Waals surface area contributed by atoms with Crippen LogP contribution in [0.25, 0.3) is 10.8 Å². The van der Waals surface area contributed by atoms with E-state index in [-0.39, 0.29) is 17.0 Å². The zero-order valence-corrected chi connectivity index (χ0v) is 19.5. The maximum Gasteiger partial charge on any atom is 0.252 e. The predicted molar refractivity (Wildman–Crippen MR) is 125 cm³/mol. The van der Waals surface area contributed by atoms with Crippen molar-refractivity contribution in [2.24, 2.45) is 0 Å². The first-order valence-electron chi connectivity index (χ1n) is 10.7. The van der Waals surface area contributed by atoms with Crippen molar-refractivity contribution >= 4 is 38.3 Å². The number of nitrogens with zero attached hydrogens (tertiary/aromatic N) is 2. The molecule has 2 amide bonds. The lowest BCUT2D eigenvalue weighted by molar-refractivity contribution is -0.122. The first kappa shape index (κ1) is 23.1. The number of hydrogen-bond acceptors (Lipinski definition) is 4. The summed E-state index contributed by atoms with van der Waals surface area (Å²) in [6.45, 7) is 5.32. The van der Waals surface area contributed by atoms with E-state index < -0.39 is 39.2 Å². The summed E-state index contributed by atoms with van der Waals surface area (Å²) in [6.07, 6.45) is 0.140. The van der Waals surface area contributed by atoms with Crippen LogP contribution in [0.4, 0.5) is 10.1 Å². The van der Waals surface area contributed by atoms with Gasteiger partial charge in [0.25, 0.3) is 5.91 Å². The molecule has 6 nitrogen and oxygen atoms in total. The van der Waals surface area contributed by atoms with E-state index in [1.807, 2.05) is 31.2 Å². The third-order valence-corrected chi connectivity index (χ3v) is 8.35. The summed E-state index contributed by atoms with van der Waals surface area (Å²) in [5.41, 5.74) is -0.726. The average molecular weight is 469 g/mol. The van der Waals surface area contributed by atoms with Crippen molar-refractivity contribution in [3.63, 3.8) is 0 Å². The van der Waals surface area contributed by atoms with E-state index in [9.17, 15) is 22.4 Å². The summed E-state index contributed by atoms with van der Waals surface area (Å²) in [4.78, 5) is 27.2. The molecule has 172 valence electrons. The first-order chi connectivity index (χ1) is 15.6. The van der Waals surface area contributed by atoms with Crippen molar-refractivity contribution in [2.45, 2.75) is 50.1 Å². The van der Waals surface area contributed by atoms with Gasteiger partial charge in [-0.05, 0) is 67.4 Å². The molecule has 0 aromatic heterocycles. The lowest BCUT2D eigenvalue weighted by Crippen LogP contribution is -2.55. The highest BCUT2D eigenvalue weighted by atomic mass is 32.2. The minimum atomic E-state index is -4.14. The lowest BCUT2D eigenvalue weighted by atomic mass is 10.00. The van der Waals surface area contributed by atoms with Crippen LogP contribution in [0.1, 0.15) is 33.6 Å². The van der Waals surface area contributed by atoms with Crippen LogP contribution in [0.3, 0.4) is 0 Å². The molecular formula is C25H25FN2O4S. The molecule has 0 spiro atoms. The highest BCUT2D eigenvalue weighted by molar-refractivity contribution is 7.89. The number of halogens is 1. The van der Waals surface area contributed by atoms with Gasteiger partial charge in [0.05, 0.1) is 17.0 Å². The highest BCUT2D eigenvalue weighted by Gasteiger charge is 2.51. The number of fused-ring (bicyclic) bond motifs is 1. The molecule has 3 aromatic rings. The summed E-state index contributed by atoms with van der Waals surface area (Å²) >= 11 is 0. The second-order valence-corrected chi connectivity index (χ2v) is 10.6. The zero-order valence-electron chi connectivity index (χ0n) is 18.7. The third-order valence-electron chi connectivity index (χ3n) is 6.23. The van der Waals surface area contributed by atoms with Gasteiger partial charge < -0.3 is 0 Å². The molecule has 1 heterocycles. The molecule has 0 radical (unpaired) electrons. The second-order valence-electron chi connectivity index (χ2n) is 8.74. The standard InChI is InChI=1S/C25H25FN2O4S/c1-4-25(2,3)28(33(31,32)21-14-9-17-7-5-6-8-18(17)15-21)22-16-23(29)27(24(22)30)20-12-10-19(26)11-13-20/h5-15,22H,4,16H2,1-3H3. The molecular weight excluding hydrogens is 443 g/mol. The number of rotatable bonds is 6. The minimum Gasteiger partial charge on any atom is -0.274 e. The second kappa shape index (κ2) is 8.35. The quantitative estimate of drug-likeness (QED) is 0.500. The third kappa shape index (κ3) is 4.05. The van der Waals surface area contributed by atoms with Crippen LogP contribution in [-0.2, 0) is 19.6 Å². The van der Waals surface area contributed by atoms with E-state index in [4.69, 9.17) is 0 Å². The Bertz CT molecular complexity index is 1340. The molecule has 1 fully saturated rings. The van der Waals surface area contributed by atoms with Gasteiger partial charge in [-0.3, -0.25) is 9.59 Å². The van der Waals surface area contributed by atoms with E-state index >= 15 is 0 Å². The van der Waals surface area contributed by atoms with Gasteiger partial charge in [-0.2, -0.15) is 4.31 Å². The van der Waals surface area contributed by atoms with E-state index in [1.54, 1.807) is 26.0 Å². The summed E-state index contributed by atoms with van der Waals surface area (Å²) in [7, 11) is -4.14. The Morgan fingerprint density at radius 1 is 1.00 bits per heavy atom. The molecule has 33 heavy (non-hydrogen) atoms. The van der Waals surface area contributed by atoms with E-state index in [0.717, 1.165) is 27.8 Å².